The molecule has 5 heteroatoms. The molecule has 1 saturated heterocycles. The highest BCUT2D eigenvalue weighted by molar-refractivity contribution is 6.18. The Balaban J connectivity index is 1.89. The average Bonchev–Trinajstić information content (AvgIpc) is 2.81. The number of halogens is 2. The number of benzene rings is 1. The summed E-state index contributed by atoms with van der Waals surface area (Å²) in [6.45, 7) is 1.90. The number of imidazole rings is 1. The Labute approximate surface area is 110 Å². The Kier molecular flexibility index (Phi) is 3.12. The minimum absolute atomic E-state index is 0.241. The molecule has 1 aliphatic heterocycles. The molecule has 0 amide bonds. The van der Waals surface area contributed by atoms with Crippen molar-refractivity contribution in [3.05, 3.63) is 24.0 Å². The van der Waals surface area contributed by atoms with Gasteiger partial charge in [-0.3, -0.25) is 0 Å². The maximum atomic E-state index is 13.1. The van der Waals surface area contributed by atoms with Gasteiger partial charge in [-0.1, -0.05) is 0 Å². The van der Waals surface area contributed by atoms with Crippen LogP contribution in [-0.2, 0) is 0 Å². The summed E-state index contributed by atoms with van der Waals surface area (Å²) in [6.07, 6.45) is 2.30. The van der Waals surface area contributed by atoms with Crippen LogP contribution in [0.25, 0.3) is 11.0 Å². The monoisotopic (exact) mass is 267 g/mol. The Morgan fingerprint density at radius 1 is 1.50 bits per heavy atom. The summed E-state index contributed by atoms with van der Waals surface area (Å²) in [4.78, 5) is 9.89. The first kappa shape index (κ1) is 11.8. The van der Waals surface area contributed by atoms with Gasteiger partial charge < -0.3 is 9.88 Å². The predicted octanol–water partition coefficient (Wildman–Crippen LogP) is 3.16. The molecule has 1 aromatic heterocycles. The molecule has 3 nitrogen and oxygen atoms in total. The van der Waals surface area contributed by atoms with Crippen molar-refractivity contribution in [1.29, 1.82) is 0 Å². The van der Waals surface area contributed by atoms with Crippen LogP contribution in [0, 0.1) is 11.7 Å². The number of nitrogens with zero attached hydrogens (tertiary/aromatic N) is 2. The third kappa shape index (κ3) is 2.17. The zero-order valence-electron chi connectivity index (χ0n) is 10.00. The van der Waals surface area contributed by atoms with Gasteiger partial charge in [0.05, 0.1) is 11.0 Å². The van der Waals surface area contributed by atoms with Crippen LogP contribution < -0.4 is 4.90 Å². The van der Waals surface area contributed by atoms with Crippen molar-refractivity contribution in [2.75, 3.05) is 23.9 Å². The third-order valence-corrected chi connectivity index (χ3v) is 3.90. The number of H-pyrrole nitrogens is 1. The van der Waals surface area contributed by atoms with Crippen LogP contribution >= 0.6 is 11.6 Å². The Hall–Kier alpha value is -1.29. The molecule has 1 unspecified atom stereocenters. The minimum Gasteiger partial charge on any atom is -0.342 e. The maximum absolute atomic E-state index is 13.1. The van der Waals surface area contributed by atoms with Crippen LogP contribution in [0.15, 0.2) is 18.2 Å². The SMILES string of the molecule is Fc1ccc2nc(N3CCCC(CCl)C3)[nH]c2c1. The van der Waals surface area contributed by atoms with Crippen molar-refractivity contribution < 1.29 is 4.39 Å². The number of aromatic nitrogens is 2. The largest absolute Gasteiger partial charge is 0.342 e. The van der Waals surface area contributed by atoms with Crippen LogP contribution in [-0.4, -0.2) is 28.9 Å². The number of alkyl halides is 1. The minimum atomic E-state index is -0.241. The van der Waals surface area contributed by atoms with Crippen LogP contribution in [0.5, 0.6) is 0 Å². The molecule has 0 spiro atoms. The molecule has 0 radical (unpaired) electrons. The number of hydrogen-bond acceptors (Lipinski definition) is 2. The standard InChI is InChI=1S/C13H15ClFN3/c14-7-9-2-1-5-18(8-9)13-16-11-4-3-10(15)6-12(11)17-13/h3-4,6,9H,1-2,5,7-8H2,(H,16,17). The second-order valence-corrected chi connectivity index (χ2v) is 5.14. The summed E-state index contributed by atoms with van der Waals surface area (Å²) < 4.78 is 13.1. The van der Waals surface area contributed by atoms with Gasteiger partial charge in [0.25, 0.3) is 0 Å². The predicted molar refractivity (Wildman–Crippen MR) is 71.7 cm³/mol. The summed E-state index contributed by atoms with van der Waals surface area (Å²) in [5.41, 5.74) is 1.55. The molecule has 96 valence electrons. The van der Waals surface area contributed by atoms with E-state index in [9.17, 15) is 4.39 Å². The van der Waals surface area contributed by atoms with Gasteiger partial charge in [-0.05, 0) is 37.0 Å². The quantitative estimate of drug-likeness (QED) is 0.848. The van der Waals surface area contributed by atoms with Crippen LogP contribution in [0.2, 0.25) is 0 Å². The highest BCUT2D eigenvalue weighted by Crippen LogP contribution is 2.24. The van der Waals surface area contributed by atoms with Gasteiger partial charge in [-0.15, -0.1) is 11.6 Å². The van der Waals surface area contributed by atoms with E-state index >= 15 is 0 Å². The molecule has 2 aromatic rings. The lowest BCUT2D eigenvalue weighted by molar-refractivity contribution is 0.447. The number of rotatable bonds is 2. The van der Waals surface area contributed by atoms with Crippen molar-refractivity contribution >= 4 is 28.6 Å². The summed E-state index contributed by atoms with van der Waals surface area (Å²) in [5, 5.41) is 0. The fraction of sp³-hybridized carbons (Fsp3) is 0.462. The van der Waals surface area contributed by atoms with Crippen LogP contribution in [0.3, 0.4) is 0 Å². The fourth-order valence-electron chi connectivity index (χ4n) is 2.50. The lowest BCUT2D eigenvalue weighted by atomic mass is 10.0. The van der Waals surface area contributed by atoms with Gasteiger partial charge in [-0.2, -0.15) is 0 Å². The fourth-order valence-corrected chi connectivity index (χ4v) is 2.75. The van der Waals surface area contributed by atoms with Gasteiger partial charge in [0.15, 0.2) is 0 Å². The lowest BCUT2D eigenvalue weighted by Gasteiger charge is -2.31. The molecule has 0 saturated carbocycles. The van der Waals surface area contributed by atoms with Gasteiger partial charge >= 0.3 is 0 Å². The molecule has 18 heavy (non-hydrogen) atoms. The first-order valence-corrected chi connectivity index (χ1v) is 6.76. The molecular weight excluding hydrogens is 253 g/mol. The van der Waals surface area contributed by atoms with E-state index < -0.39 is 0 Å². The molecule has 0 bridgehead atoms. The number of anilines is 1. The molecule has 1 aliphatic rings. The lowest BCUT2D eigenvalue weighted by Crippen LogP contribution is -2.36. The highest BCUT2D eigenvalue weighted by atomic mass is 35.5. The molecule has 1 fully saturated rings. The molecule has 2 heterocycles. The number of piperidine rings is 1. The van der Waals surface area contributed by atoms with E-state index in [1.807, 2.05) is 0 Å². The number of nitrogens with one attached hydrogen (secondary N) is 1. The summed E-state index contributed by atoms with van der Waals surface area (Å²) >= 11 is 5.93. The first-order valence-electron chi connectivity index (χ1n) is 6.22. The summed E-state index contributed by atoms with van der Waals surface area (Å²) in [6, 6.07) is 4.62. The third-order valence-electron chi connectivity index (χ3n) is 3.47. The Morgan fingerprint density at radius 2 is 2.39 bits per heavy atom. The maximum Gasteiger partial charge on any atom is 0.203 e. The Bertz CT molecular complexity index is 554. The van der Waals surface area contributed by atoms with Crippen molar-refractivity contribution in [3.8, 4) is 0 Å². The van der Waals surface area contributed by atoms with Crippen LogP contribution in [0.4, 0.5) is 10.3 Å². The summed E-state index contributed by atoms with van der Waals surface area (Å²) in [5.74, 6) is 1.79. The van der Waals surface area contributed by atoms with E-state index in [1.54, 1.807) is 6.07 Å². The number of fused-ring (bicyclic) bond motifs is 1. The van der Waals surface area contributed by atoms with E-state index in [1.165, 1.54) is 18.6 Å². The van der Waals surface area contributed by atoms with E-state index in [0.717, 1.165) is 36.5 Å². The molecule has 1 aromatic carbocycles. The van der Waals surface area contributed by atoms with Gasteiger partial charge in [-0.25, -0.2) is 9.37 Å². The van der Waals surface area contributed by atoms with Crippen molar-refractivity contribution in [2.45, 2.75) is 12.8 Å². The van der Waals surface area contributed by atoms with Crippen molar-refractivity contribution in [3.63, 3.8) is 0 Å². The average molecular weight is 268 g/mol. The zero-order valence-corrected chi connectivity index (χ0v) is 10.8. The second kappa shape index (κ2) is 4.76. The van der Waals surface area contributed by atoms with E-state index in [4.69, 9.17) is 11.6 Å². The summed E-state index contributed by atoms with van der Waals surface area (Å²) in [7, 11) is 0. The second-order valence-electron chi connectivity index (χ2n) is 4.83. The zero-order chi connectivity index (χ0) is 12.5. The molecular formula is C13H15ClFN3. The first-order chi connectivity index (χ1) is 8.76. The molecule has 1 N–H and O–H groups in total. The van der Waals surface area contributed by atoms with E-state index in [0.29, 0.717) is 11.8 Å². The molecule has 0 aliphatic carbocycles. The normalized spacial score (nSPS) is 20.6. The highest BCUT2D eigenvalue weighted by Gasteiger charge is 2.21. The number of aromatic amines is 1. The topological polar surface area (TPSA) is 31.9 Å². The van der Waals surface area contributed by atoms with Gasteiger partial charge in [0.2, 0.25) is 5.95 Å². The molecule has 3 rings (SSSR count). The number of hydrogen-bond donors (Lipinski definition) is 1. The molecule has 1 atom stereocenters. The Morgan fingerprint density at radius 3 is 3.22 bits per heavy atom. The van der Waals surface area contributed by atoms with E-state index in [-0.39, 0.29) is 5.82 Å². The van der Waals surface area contributed by atoms with Gasteiger partial charge in [0, 0.05) is 19.0 Å². The van der Waals surface area contributed by atoms with Crippen LogP contribution in [0.1, 0.15) is 12.8 Å². The van der Waals surface area contributed by atoms with Crippen molar-refractivity contribution in [1.82, 2.24) is 9.97 Å². The van der Waals surface area contributed by atoms with Gasteiger partial charge in [0.1, 0.15) is 5.82 Å². The van der Waals surface area contributed by atoms with Crippen molar-refractivity contribution in [2.24, 2.45) is 5.92 Å². The van der Waals surface area contributed by atoms with E-state index in [2.05, 4.69) is 14.9 Å². The smallest absolute Gasteiger partial charge is 0.203 e.